The highest BCUT2D eigenvalue weighted by atomic mass is 32.2. The van der Waals surface area contributed by atoms with Crippen LogP contribution in [0.2, 0.25) is 0 Å². The van der Waals surface area contributed by atoms with Crippen molar-refractivity contribution in [3.63, 3.8) is 0 Å². The Bertz CT molecular complexity index is 1300. The zero-order valence-electron chi connectivity index (χ0n) is 19.2. The molecule has 2 N–H and O–H groups in total. The molecule has 0 spiro atoms. The van der Waals surface area contributed by atoms with Crippen molar-refractivity contribution in [2.24, 2.45) is 5.92 Å². The highest BCUT2D eigenvalue weighted by molar-refractivity contribution is 7.92. The fourth-order valence-electron chi connectivity index (χ4n) is 4.84. The summed E-state index contributed by atoms with van der Waals surface area (Å²) in [6.07, 6.45) is 4.58. The number of anilines is 1. The van der Waals surface area contributed by atoms with Gasteiger partial charge in [0.1, 0.15) is 17.1 Å². The Kier molecular flexibility index (Phi) is 6.29. The molecule has 1 aliphatic carbocycles. The van der Waals surface area contributed by atoms with E-state index < -0.39 is 21.8 Å². The number of esters is 1. The average molecular weight is 503 g/mol. The van der Waals surface area contributed by atoms with Gasteiger partial charge in [-0.3, -0.25) is 9.62 Å². The summed E-state index contributed by atoms with van der Waals surface area (Å²) in [5, 5.41) is 9.67. The quantitative estimate of drug-likeness (QED) is 0.561. The van der Waals surface area contributed by atoms with Crippen LogP contribution < -0.4 is 9.46 Å². The summed E-state index contributed by atoms with van der Waals surface area (Å²) in [5.74, 6) is -0.198. The summed E-state index contributed by atoms with van der Waals surface area (Å²) in [6, 6.07) is 6.74. The number of benzene rings is 2. The molecule has 3 atom stereocenters. The van der Waals surface area contributed by atoms with Crippen LogP contribution in [0.1, 0.15) is 40.2 Å². The van der Waals surface area contributed by atoms with Gasteiger partial charge in [-0.1, -0.05) is 18.2 Å². The Morgan fingerprint density at radius 3 is 2.91 bits per heavy atom. The maximum Gasteiger partial charge on any atom is 0.343 e. The van der Waals surface area contributed by atoms with Crippen molar-refractivity contribution in [2.45, 2.75) is 29.8 Å². The number of rotatable bonds is 7. The van der Waals surface area contributed by atoms with Gasteiger partial charge >= 0.3 is 5.97 Å². The van der Waals surface area contributed by atoms with Gasteiger partial charge in [0.15, 0.2) is 0 Å². The Morgan fingerprint density at radius 1 is 1.34 bits per heavy atom. The van der Waals surface area contributed by atoms with E-state index in [-0.39, 0.29) is 27.8 Å². The number of carbonyl (C=O) groups is 1. The number of nitrogens with one attached hydrogen (secondary N) is 1. The fourth-order valence-corrected chi connectivity index (χ4v) is 6.09. The Balaban J connectivity index is 1.45. The van der Waals surface area contributed by atoms with E-state index in [0.717, 1.165) is 30.7 Å². The van der Waals surface area contributed by atoms with Gasteiger partial charge in [0, 0.05) is 25.6 Å². The number of nitrogens with zero attached hydrogens (tertiary/aromatic N) is 1. The molecule has 0 bridgehead atoms. The molecule has 2 aromatic carbocycles. The number of hydrogen-bond donors (Lipinski definition) is 2. The van der Waals surface area contributed by atoms with Gasteiger partial charge < -0.3 is 14.6 Å². The topological polar surface area (TPSA) is 105 Å². The maximum atomic E-state index is 14.0. The van der Waals surface area contributed by atoms with E-state index in [1.165, 1.54) is 13.2 Å². The minimum atomic E-state index is -4.20. The standard InChI is InChI=1S/C25H27FN2O6S/c1-33-25(30)23-21(6-5-19-20-12-16(20)14-34-24(19)23)27-35(31,32)22-7-4-17(26)11-15(22)3-2-9-28-10-8-18(29)13-28/h2-7,11,16,18,20,27,29H,8-10,12-14H2,1H3/t16?,18-,20?/m0/s1. The van der Waals surface area contributed by atoms with Crippen molar-refractivity contribution in [1.29, 1.82) is 0 Å². The van der Waals surface area contributed by atoms with E-state index >= 15 is 0 Å². The highest BCUT2D eigenvalue weighted by Crippen LogP contribution is 2.55. The zero-order valence-corrected chi connectivity index (χ0v) is 20.1. The molecule has 8 nitrogen and oxygen atoms in total. The second-order valence-electron chi connectivity index (χ2n) is 9.20. The summed E-state index contributed by atoms with van der Waals surface area (Å²) >= 11 is 0. The molecule has 0 radical (unpaired) electrons. The van der Waals surface area contributed by atoms with E-state index in [2.05, 4.69) is 4.72 Å². The molecule has 1 saturated heterocycles. The van der Waals surface area contributed by atoms with Crippen molar-refractivity contribution in [3.05, 3.63) is 58.9 Å². The van der Waals surface area contributed by atoms with Crippen LogP contribution in [-0.2, 0) is 14.8 Å². The van der Waals surface area contributed by atoms with Crippen molar-refractivity contribution >= 4 is 27.8 Å². The first-order valence-electron chi connectivity index (χ1n) is 11.5. The molecule has 2 heterocycles. The second kappa shape index (κ2) is 9.25. The van der Waals surface area contributed by atoms with Crippen molar-refractivity contribution in [1.82, 2.24) is 4.90 Å². The third-order valence-electron chi connectivity index (χ3n) is 6.76. The number of aliphatic hydroxyl groups is 1. The largest absolute Gasteiger partial charge is 0.492 e. The lowest BCUT2D eigenvalue weighted by molar-refractivity contribution is 0.0596. The molecule has 10 heteroatoms. The van der Waals surface area contributed by atoms with Crippen LogP contribution in [0.15, 0.2) is 41.3 Å². The predicted molar refractivity (Wildman–Crippen MR) is 127 cm³/mol. The molecule has 2 aromatic rings. The van der Waals surface area contributed by atoms with E-state index in [1.54, 1.807) is 24.3 Å². The highest BCUT2D eigenvalue weighted by Gasteiger charge is 2.45. The van der Waals surface area contributed by atoms with Crippen molar-refractivity contribution in [2.75, 3.05) is 38.1 Å². The molecule has 2 aliphatic heterocycles. The van der Waals surface area contributed by atoms with Gasteiger partial charge in [0.05, 0.1) is 30.4 Å². The SMILES string of the molecule is COC(=O)c1c(NS(=O)(=O)c2ccc(F)cc2C=CCN2CC[C@H](O)C2)ccc2c1OCC1CC21. The lowest BCUT2D eigenvalue weighted by Gasteiger charge is -2.22. The van der Waals surface area contributed by atoms with Crippen molar-refractivity contribution < 1.29 is 32.2 Å². The predicted octanol–water partition coefficient (Wildman–Crippen LogP) is 2.99. The molecule has 0 aromatic heterocycles. The van der Waals surface area contributed by atoms with Crippen LogP contribution in [0.4, 0.5) is 10.1 Å². The van der Waals surface area contributed by atoms with Crippen molar-refractivity contribution in [3.8, 4) is 5.75 Å². The molecular formula is C25H27FN2O6S. The van der Waals surface area contributed by atoms with Gasteiger partial charge in [-0.15, -0.1) is 0 Å². The number of methoxy groups -OCH3 is 1. The van der Waals surface area contributed by atoms with Gasteiger partial charge in [-0.2, -0.15) is 0 Å². The van der Waals surface area contributed by atoms with Gasteiger partial charge in [-0.05, 0) is 54.2 Å². The minimum Gasteiger partial charge on any atom is -0.492 e. The second-order valence-corrected chi connectivity index (χ2v) is 10.9. The number of ether oxygens (including phenoxy) is 2. The summed E-state index contributed by atoms with van der Waals surface area (Å²) in [6.45, 7) is 2.24. The first-order valence-corrected chi connectivity index (χ1v) is 13.0. The summed E-state index contributed by atoms with van der Waals surface area (Å²) in [4.78, 5) is 14.5. The number of β-amino-alcohol motifs (C(OH)–C–C–N with tert-alkyl or cyclic N) is 1. The van der Waals surface area contributed by atoms with Crippen LogP contribution in [0.3, 0.4) is 0 Å². The summed E-state index contributed by atoms with van der Waals surface area (Å²) in [5.41, 5.74) is 1.12. The van der Waals surface area contributed by atoms with E-state index in [0.29, 0.717) is 43.7 Å². The van der Waals surface area contributed by atoms with E-state index in [9.17, 15) is 22.7 Å². The lowest BCUT2D eigenvalue weighted by Crippen LogP contribution is -2.22. The molecule has 2 fully saturated rings. The van der Waals surface area contributed by atoms with E-state index in [4.69, 9.17) is 9.47 Å². The third kappa shape index (κ3) is 4.78. The monoisotopic (exact) mass is 502 g/mol. The van der Waals surface area contributed by atoms with Crippen LogP contribution >= 0.6 is 0 Å². The first-order chi connectivity index (χ1) is 16.8. The smallest absolute Gasteiger partial charge is 0.343 e. The number of fused-ring (bicyclic) bond motifs is 3. The fraction of sp³-hybridized carbons (Fsp3) is 0.400. The molecular weight excluding hydrogens is 475 g/mol. The zero-order chi connectivity index (χ0) is 24.7. The number of carbonyl (C=O) groups excluding carboxylic acids is 1. The molecule has 2 unspecified atom stereocenters. The molecule has 0 amide bonds. The molecule has 35 heavy (non-hydrogen) atoms. The number of aliphatic hydroxyl groups excluding tert-OH is 1. The average Bonchev–Trinajstić information content (AvgIpc) is 3.51. The van der Waals surface area contributed by atoms with Crippen LogP contribution in [0, 0.1) is 11.7 Å². The molecule has 1 saturated carbocycles. The Morgan fingerprint density at radius 2 is 2.17 bits per heavy atom. The molecule has 3 aliphatic rings. The summed E-state index contributed by atoms with van der Waals surface area (Å²) < 4.78 is 54.0. The van der Waals surface area contributed by atoms with Gasteiger partial charge in [-0.25, -0.2) is 17.6 Å². The van der Waals surface area contributed by atoms with Gasteiger partial charge in [0.25, 0.3) is 10.0 Å². The van der Waals surface area contributed by atoms with Gasteiger partial charge in [0.2, 0.25) is 0 Å². The normalized spacial score (nSPS) is 23.5. The molecule has 5 rings (SSSR count). The van der Waals surface area contributed by atoms with E-state index in [1.807, 2.05) is 4.90 Å². The summed E-state index contributed by atoms with van der Waals surface area (Å²) in [7, 11) is -2.97. The van der Waals surface area contributed by atoms with Crippen LogP contribution in [-0.4, -0.2) is 63.8 Å². The number of likely N-dealkylation sites (tertiary alicyclic amines) is 1. The lowest BCUT2D eigenvalue weighted by atomic mass is 10.0. The van der Waals surface area contributed by atoms with Crippen LogP contribution in [0.5, 0.6) is 5.75 Å². The Labute approximate surface area is 203 Å². The number of hydrogen-bond acceptors (Lipinski definition) is 7. The third-order valence-corrected chi connectivity index (χ3v) is 8.20. The Hall–Kier alpha value is -2.95. The number of sulfonamides is 1. The van der Waals surface area contributed by atoms with Crippen LogP contribution in [0.25, 0.3) is 6.08 Å². The molecule has 186 valence electrons. The number of halogens is 1. The minimum absolute atomic E-state index is 0.0331. The first kappa shape index (κ1) is 23.8. The maximum absolute atomic E-state index is 14.0.